The molecule has 144 valence electrons. The predicted molar refractivity (Wildman–Crippen MR) is 106 cm³/mol. The van der Waals surface area contributed by atoms with E-state index in [0.717, 1.165) is 20.8 Å². The fraction of sp³-hybridized carbons (Fsp3) is 0.500. The second kappa shape index (κ2) is 9.15. The van der Waals surface area contributed by atoms with Gasteiger partial charge in [-0.2, -0.15) is 5.26 Å². The van der Waals surface area contributed by atoms with Gasteiger partial charge < -0.3 is 9.64 Å². The Morgan fingerprint density at radius 2 is 2.04 bits per heavy atom. The van der Waals surface area contributed by atoms with Gasteiger partial charge in [0.05, 0.1) is 18.2 Å². The smallest absolute Gasteiger partial charge is 0.317 e. The van der Waals surface area contributed by atoms with Gasteiger partial charge in [0.25, 0.3) is 5.91 Å². The number of nitriles is 1. The van der Waals surface area contributed by atoms with Crippen molar-refractivity contribution in [3.05, 3.63) is 16.3 Å². The summed E-state index contributed by atoms with van der Waals surface area (Å²) in [6.45, 7) is 7.72. The number of carbonyl (C=O) groups excluding carboxylic acids is 2. The molecule has 1 amide bonds. The van der Waals surface area contributed by atoms with Gasteiger partial charge in [-0.15, -0.1) is 11.3 Å². The van der Waals surface area contributed by atoms with Crippen molar-refractivity contribution < 1.29 is 14.3 Å². The summed E-state index contributed by atoms with van der Waals surface area (Å²) in [7, 11) is 1.58. The Bertz CT molecular complexity index is 904. The average molecular weight is 407 g/mol. The Kier molecular flexibility index (Phi) is 7.16. The molecule has 0 radical (unpaired) electrons. The molecule has 2 rings (SSSR count). The van der Waals surface area contributed by atoms with E-state index in [0.29, 0.717) is 12.4 Å². The van der Waals surface area contributed by atoms with E-state index in [2.05, 4.69) is 9.97 Å². The fourth-order valence-corrected chi connectivity index (χ4v) is 4.52. The number of amides is 1. The minimum Gasteiger partial charge on any atom is -0.452 e. The number of rotatable bonds is 7. The first-order valence-electron chi connectivity index (χ1n) is 8.43. The minimum absolute atomic E-state index is 0.0550. The second-order valence-electron chi connectivity index (χ2n) is 6.13. The molecule has 0 saturated heterocycles. The van der Waals surface area contributed by atoms with Crippen LogP contribution in [0.4, 0.5) is 0 Å². The number of fused-ring (bicyclic) bond motifs is 1. The molecule has 2 heterocycles. The van der Waals surface area contributed by atoms with Gasteiger partial charge in [0.15, 0.2) is 6.10 Å². The van der Waals surface area contributed by atoms with Crippen LogP contribution in [0, 0.1) is 32.1 Å². The van der Waals surface area contributed by atoms with E-state index in [4.69, 9.17) is 10.00 Å². The maximum Gasteiger partial charge on any atom is 0.317 e. The number of hydrogen-bond donors (Lipinski definition) is 0. The van der Waals surface area contributed by atoms with E-state index >= 15 is 0 Å². The van der Waals surface area contributed by atoms with Crippen molar-refractivity contribution in [3.63, 3.8) is 0 Å². The Hall–Kier alpha value is -2.18. The van der Waals surface area contributed by atoms with Gasteiger partial charge in [0.2, 0.25) is 0 Å². The highest BCUT2D eigenvalue weighted by Gasteiger charge is 2.22. The molecule has 0 aliphatic heterocycles. The first kappa shape index (κ1) is 21.1. The van der Waals surface area contributed by atoms with Crippen LogP contribution in [0.2, 0.25) is 0 Å². The molecule has 0 unspecified atom stereocenters. The lowest BCUT2D eigenvalue weighted by molar-refractivity contribution is -0.156. The Morgan fingerprint density at radius 3 is 2.70 bits per heavy atom. The number of esters is 1. The van der Waals surface area contributed by atoms with Crippen LogP contribution in [0.15, 0.2) is 5.03 Å². The third-order valence-electron chi connectivity index (χ3n) is 4.03. The van der Waals surface area contributed by atoms with Gasteiger partial charge in [-0.3, -0.25) is 9.59 Å². The third kappa shape index (κ3) is 5.17. The quantitative estimate of drug-likeness (QED) is 0.396. The lowest BCUT2D eigenvalue weighted by Crippen LogP contribution is -2.38. The predicted octanol–water partition coefficient (Wildman–Crippen LogP) is 3.01. The van der Waals surface area contributed by atoms with Gasteiger partial charge in [-0.1, -0.05) is 11.8 Å². The van der Waals surface area contributed by atoms with Crippen molar-refractivity contribution in [2.75, 3.05) is 19.3 Å². The standard InChI is InChI=1S/C18H22N4O3S2/c1-10-12(3)27-17-15(10)16(20-13(4)21-17)26-9-14(23)25-11(2)18(24)22(5)8-6-7-19/h11H,6,8-9H2,1-5H3/t11-/m0/s1. The number of aryl methyl sites for hydroxylation is 3. The molecule has 0 N–H and O–H groups in total. The minimum atomic E-state index is -0.890. The number of likely N-dealkylation sites (N-methyl/N-ethyl adjacent to an activating group) is 1. The van der Waals surface area contributed by atoms with Crippen LogP contribution in [0.1, 0.15) is 29.6 Å². The molecule has 0 aromatic carbocycles. The number of thiophene rings is 1. The topological polar surface area (TPSA) is 96.2 Å². The molecule has 9 heteroatoms. The van der Waals surface area contributed by atoms with Gasteiger partial charge >= 0.3 is 5.97 Å². The summed E-state index contributed by atoms with van der Waals surface area (Å²) in [5, 5.41) is 10.3. The Labute approximate surface area is 166 Å². The summed E-state index contributed by atoms with van der Waals surface area (Å²) < 4.78 is 5.24. The normalized spacial score (nSPS) is 11.9. The molecule has 0 saturated carbocycles. The molecule has 2 aromatic heterocycles. The summed E-state index contributed by atoms with van der Waals surface area (Å²) in [6, 6.07) is 1.98. The second-order valence-corrected chi connectivity index (χ2v) is 8.30. The van der Waals surface area contributed by atoms with Crippen molar-refractivity contribution >= 4 is 45.2 Å². The third-order valence-corrected chi connectivity index (χ3v) is 6.08. The number of hydrogen-bond acceptors (Lipinski definition) is 8. The maximum absolute atomic E-state index is 12.2. The highest BCUT2D eigenvalue weighted by molar-refractivity contribution is 8.00. The Balaban J connectivity index is 2.01. The molecule has 1 atom stereocenters. The molecule has 27 heavy (non-hydrogen) atoms. The number of aromatic nitrogens is 2. The highest BCUT2D eigenvalue weighted by Crippen LogP contribution is 2.35. The monoisotopic (exact) mass is 406 g/mol. The van der Waals surface area contributed by atoms with Crippen LogP contribution < -0.4 is 0 Å². The Morgan fingerprint density at radius 1 is 1.33 bits per heavy atom. The number of nitrogens with zero attached hydrogens (tertiary/aromatic N) is 4. The van der Waals surface area contributed by atoms with Crippen LogP contribution >= 0.6 is 23.1 Å². The van der Waals surface area contributed by atoms with E-state index < -0.39 is 12.1 Å². The largest absolute Gasteiger partial charge is 0.452 e. The average Bonchev–Trinajstić information content (AvgIpc) is 2.90. The SMILES string of the molecule is Cc1nc(SCC(=O)O[C@@H](C)C(=O)N(C)CCC#N)c2c(C)c(C)sc2n1. The first-order chi connectivity index (χ1) is 12.7. The van der Waals surface area contributed by atoms with E-state index in [-0.39, 0.29) is 18.1 Å². The molecule has 0 aliphatic rings. The van der Waals surface area contributed by atoms with E-state index in [9.17, 15) is 9.59 Å². The van der Waals surface area contributed by atoms with Crippen LogP contribution in [-0.2, 0) is 14.3 Å². The zero-order valence-corrected chi connectivity index (χ0v) is 17.7. The van der Waals surface area contributed by atoms with Crippen molar-refractivity contribution in [2.45, 2.75) is 45.2 Å². The zero-order valence-electron chi connectivity index (χ0n) is 16.0. The number of ether oxygens (including phenoxy) is 1. The maximum atomic E-state index is 12.2. The summed E-state index contributed by atoms with van der Waals surface area (Å²) in [5.74, 6) is -0.0987. The lowest BCUT2D eigenvalue weighted by atomic mass is 10.2. The van der Waals surface area contributed by atoms with Crippen molar-refractivity contribution in [1.29, 1.82) is 5.26 Å². The molecular formula is C18H22N4O3S2. The lowest BCUT2D eigenvalue weighted by Gasteiger charge is -2.20. The van der Waals surface area contributed by atoms with Gasteiger partial charge in [0.1, 0.15) is 15.7 Å². The van der Waals surface area contributed by atoms with E-state index in [1.54, 1.807) is 18.4 Å². The molecule has 0 spiro atoms. The molecule has 7 nitrogen and oxygen atoms in total. The summed E-state index contributed by atoms with van der Waals surface area (Å²) in [6.07, 6.45) is -0.652. The number of carbonyl (C=O) groups is 2. The summed E-state index contributed by atoms with van der Waals surface area (Å²) >= 11 is 2.90. The molecule has 0 fully saturated rings. The van der Waals surface area contributed by atoms with Gasteiger partial charge in [0, 0.05) is 23.9 Å². The molecule has 2 aromatic rings. The fourth-order valence-electron chi connectivity index (χ4n) is 2.47. The van der Waals surface area contributed by atoms with E-state index in [1.165, 1.54) is 28.5 Å². The molecule has 0 aliphatic carbocycles. The van der Waals surface area contributed by atoms with Crippen molar-refractivity contribution in [2.24, 2.45) is 0 Å². The van der Waals surface area contributed by atoms with Crippen LogP contribution in [-0.4, -0.2) is 52.2 Å². The van der Waals surface area contributed by atoms with Crippen LogP contribution in [0.5, 0.6) is 0 Å². The number of thioether (sulfide) groups is 1. The summed E-state index contributed by atoms with van der Waals surface area (Å²) in [5.41, 5.74) is 1.12. The van der Waals surface area contributed by atoms with Crippen LogP contribution in [0.25, 0.3) is 10.2 Å². The van der Waals surface area contributed by atoms with E-state index in [1.807, 2.05) is 26.8 Å². The van der Waals surface area contributed by atoms with Crippen molar-refractivity contribution in [1.82, 2.24) is 14.9 Å². The van der Waals surface area contributed by atoms with Gasteiger partial charge in [-0.05, 0) is 33.3 Å². The highest BCUT2D eigenvalue weighted by atomic mass is 32.2. The first-order valence-corrected chi connectivity index (χ1v) is 10.2. The zero-order chi connectivity index (χ0) is 20.1. The van der Waals surface area contributed by atoms with Crippen LogP contribution in [0.3, 0.4) is 0 Å². The molecular weight excluding hydrogens is 384 g/mol. The van der Waals surface area contributed by atoms with Gasteiger partial charge in [-0.25, -0.2) is 9.97 Å². The molecule has 0 bridgehead atoms. The van der Waals surface area contributed by atoms with Crippen molar-refractivity contribution in [3.8, 4) is 6.07 Å². The summed E-state index contributed by atoms with van der Waals surface area (Å²) in [4.78, 5) is 36.7.